The first-order valence-corrected chi connectivity index (χ1v) is 7.11. The van der Waals surface area contributed by atoms with Crippen LogP contribution in [0, 0.1) is 13.8 Å². The zero-order chi connectivity index (χ0) is 12.8. The minimum absolute atomic E-state index is 0.396. The van der Waals surface area contributed by atoms with Gasteiger partial charge in [-0.1, -0.05) is 28.9 Å². The zero-order valence-corrected chi connectivity index (χ0v) is 12.6. The van der Waals surface area contributed by atoms with E-state index >= 15 is 0 Å². The molecule has 0 aliphatic rings. The molecule has 0 bridgehead atoms. The molecule has 0 unspecified atom stereocenters. The highest BCUT2D eigenvalue weighted by atomic mass is 79.9. The Balaban J connectivity index is 2.52. The van der Waals surface area contributed by atoms with Crippen LogP contribution in [0.1, 0.15) is 49.3 Å². The fourth-order valence-electron chi connectivity index (χ4n) is 1.91. The molecule has 0 heterocycles. The van der Waals surface area contributed by atoms with Crippen molar-refractivity contribution in [2.75, 3.05) is 0 Å². The molecular weight excluding hydrogens is 276 g/mol. The van der Waals surface area contributed by atoms with Crippen LogP contribution in [0.4, 0.5) is 0 Å². The number of carbonyl (C=O) groups excluding carboxylic acids is 1. The third-order valence-electron chi connectivity index (χ3n) is 3.09. The van der Waals surface area contributed by atoms with E-state index in [-0.39, 0.29) is 0 Å². The van der Waals surface area contributed by atoms with Crippen molar-refractivity contribution in [1.82, 2.24) is 0 Å². The van der Waals surface area contributed by atoms with E-state index in [1.54, 1.807) is 0 Å². The average Bonchev–Trinajstić information content (AvgIpc) is 2.26. The van der Waals surface area contributed by atoms with Crippen molar-refractivity contribution in [2.24, 2.45) is 0 Å². The first-order valence-electron chi connectivity index (χ1n) is 6.32. The molecule has 1 aromatic rings. The highest BCUT2D eigenvalue weighted by Gasteiger charge is 2.05. The average molecular weight is 297 g/mol. The molecule has 0 amide bonds. The van der Waals surface area contributed by atoms with Crippen LogP contribution in [-0.2, 0) is 11.2 Å². The van der Waals surface area contributed by atoms with Crippen LogP contribution >= 0.6 is 15.9 Å². The zero-order valence-electron chi connectivity index (χ0n) is 11.0. The Hall–Kier alpha value is -0.630. The Kier molecular flexibility index (Phi) is 5.90. The Labute approximate surface area is 113 Å². The van der Waals surface area contributed by atoms with E-state index in [9.17, 15) is 4.79 Å². The standard InChI is InChI=1S/C15H21BrO/c1-4-6-14(17)8-5-7-13-9-11(2)12(3)10-15(13)16/h9-10H,4-8H2,1-3H3. The summed E-state index contributed by atoms with van der Waals surface area (Å²) in [5.74, 6) is 0.396. The van der Waals surface area contributed by atoms with Crippen molar-refractivity contribution in [2.45, 2.75) is 52.9 Å². The van der Waals surface area contributed by atoms with Gasteiger partial charge in [-0.2, -0.15) is 0 Å². The van der Waals surface area contributed by atoms with E-state index < -0.39 is 0 Å². The summed E-state index contributed by atoms with van der Waals surface area (Å²) >= 11 is 3.59. The van der Waals surface area contributed by atoms with Gasteiger partial charge in [0.1, 0.15) is 5.78 Å². The molecule has 0 saturated heterocycles. The molecule has 0 aromatic heterocycles. The predicted molar refractivity (Wildman–Crippen MR) is 76.5 cm³/mol. The molecule has 0 atom stereocenters. The summed E-state index contributed by atoms with van der Waals surface area (Å²) in [6, 6.07) is 4.39. The van der Waals surface area contributed by atoms with Gasteiger partial charge >= 0.3 is 0 Å². The van der Waals surface area contributed by atoms with Crippen molar-refractivity contribution in [3.8, 4) is 0 Å². The minimum atomic E-state index is 0.396. The maximum absolute atomic E-state index is 11.4. The van der Waals surface area contributed by atoms with Gasteiger partial charge in [-0.15, -0.1) is 0 Å². The maximum atomic E-state index is 11.4. The first kappa shape index (κ1) is 14.4. The van der Waals surface area contributed by atoms with Crippen LogP contribution in [0.2, 0.25) is 0 Å². The fraction of sp³-hybridized carbons (Fsp3) is 0.533. The van der Waals surface area contributed by atoms with Crippen molar-refractivity contribution in [1.29, 1.82) is 0 Å². The number of Topliss-reactive ketones (excluding diaryl/α,β-unsaturated/α-hetero) is 1. The number of hydrogen-bond donors (Lipinski definition) is 0. The lowest BCUT2D eigenvalue weighted by Crippen LogP contribution is -1.98. The molecule has 2 heteroatoms. The second kappa shape index (κ2) is 6.95. The van der Waals surface area contributed by atoms with Gasteiger partial charge in [-0.25, -0.2) is 0 Å². The summed E-state index contributed by atoms with van der Waals surface area (Å²) in [4.78, 5) is 11.4. The van der Waals surface area contributed by atoms with Gasteiger partial charge in [-0.05, 0) is 55.9 Å². The van der Waals surface area contributed by atoms with E-state index in [1.807, 2.05) is 0 Å². The molecule has 0 saturated carbocycles. The molecule has 94 valence electrons. The Morgan fingerprint density at radius 2 is 1.82 bits per heavy atom. The lowest BCUT2D eigenvalue weighted by Gasteiger charge is -2.08. The molecule has 1 nitrogen and oxygen atoms in total. The molecule has 1 aromatic carbocycles. The van der Waals surface area contributed by atoms with Crippen molar-refractivity contribution in [3.05, 3.63) is 33.3 Å². The van der Waals surface area contributed by atoms with Gasteiger partial charge in [0.15, 0.2) is 0 Å². The van der Waals surface area contributed by atoms with Crippen LogP contribution in [0.3, 0.4) is 0 Å². The number of halogens is 1. The molecule has 0 aliphatic heterocycles. The van der Waals surface area contributed by atoms with E-state index in [0.29, 0.717) is 12.2 Å². The van der Waals surface area contributed by atoms with Crippen LogP contribution in [0.15, 0.2) is 16.6 Å². The number of carbonyl (C=O) groups is 1. The Morgan fingerprint density at radius 1 is 1.18 bits per heavy atom. The number of hydrogen-bond acceptors (Lipinski definition) is 1. The number of rotatable bonds is 6. The summed E-state index contributed by atoms with van der Waals surface area (Å²) in [6.45, 7) is 6.31. The highest BCUT2D eigenvalue weighted by Crippen LogP contribution is 2.23. The summed E-state index contributed by atoms with van der Waals surface area (Å²) in [5.41, 5.74) is 3.95. The third-order valence-corrected chi connectivity index (χ3v) is 3.83. The topological polar surface area (TPSA) is 17.1 Å². The lowest BCUT2D eigenvalue weighted by molar-refractivity contribution is -0.119. The molecule has 0 spiro atoms. The second-order valence-corrected chi connectivity index (χ2v) is 5.52. The Bertz CT molecular complexity index is 396. The molecule has 0 radical (unpaired) electrons. The highest BCUT2D eigenvalue weighted by molar-refractivity contribution is 9.10. The van der Waals surface area contributed by atoms with E-state index in [2.05, 4.69) is 48.8 Å². The minimum Gasteiger partial charge on any atom is -0.300 e. The summed E-state index contributed by atoms with van der Waals surface area (Å²) in [5, 5.41) is 0. The monoisotopic (exact) mass is 296 g/mol. The van der Waals surface area contributed by atoms with Crippen LogP contribution in [0.25, 0.3) is 0 Å². The van der Waals surface area contributed by atoms with E-state index in [1.165, 1.54) is 21.2 Å². The summed E-state index contributed by atoms with van der Waals surface area (Å²) in [7, 11) is 0. The van der Waals surface area contributed by atoms with Crippen LogP contribution in [0.5, 0.6) is 0 Å². The number of ketones is 1. The van der Waals surface area contributed by atoms with Crippen molar-refractivity contribution >= 4 is 21.7 Å². The lowest BCUT2D eigenvalue weighted by atomic mass is 10.0. The van der Waals surface area contributed by atoms with Crippen molar-refractivity contribution < 1.29 is 4.79 Å². The smallest absolute Gasteiger partial charge is 0.132 e. The van der Waals surface area contributed by atoms with Gasteiger partial charge in [-0.3, -0.25) is 4.79 Å². The van der Waals surface area contributed by atoms with Gasteiger partial charge in [0.25, 0.3) is 0 Å². The van der Waals surface area contributed by atoms with Gasteiger partial charge in [0.2, 0.25) is 0 Å². The van der Waals surface area contributed by atoms with Crippen molar-refractivity contribution in [3.63, 3.8) is 0 Å². The molecular formula is C15H21BrO. The molecule has 1 rings (SSSR count). The summed E-state index contributed by atoms with van der Waals surface area (Å²) in [6.07, 6.45) is 4.35. The van der Waals surface area contributed by atoms with E-state index in [4.69, 9.17) is 0 Å². The maximum Gasteiger partial charge on any atom is 0.132 e. The second-order valence-electron chi connectivity index (χ2n) is 4.67. The SMILES string of the molecule is CCCC(=O)CCCc1cc(C)c(C)cc1Br. The quantitative estimate of drug-likeness (QED) is 0.740. The van der Waals surface area contributed by atoms with Crippen LogP contribution < -0.4 is 0 Å². The first-order chi connectivity index (χ1) is 8.04. The molecule has 0 fully saturated rings. The molecule has 17 heavy (non-hydrogen) atoms. The molecule has 0 N–H and O–H groups in total. The largest absolute Gasteiger partial charge is 0.300 e. The number of aryl methyl sites for hydroxylation is 3. The predicted octanol–water partition coefficient (Wildman–Crippen LogP) is 4.76. The van der Waals surface area contributed by atoms with Crippen LogP contribution in [-0.4, -0.2) is 5.78 Å². The Morgan fingerprint density at radius 3 is 2.47 bits per heavy atom. The van der Waals surface area contributed by atoms with Gasteiger partial charge in [0.05, 0.1) is 0 Å². The van der Waals surface area contributed by atoms with Gasteiger partial charge < -0.3 is 0 Å². The third kappa shape index (κ3) is 4.63. The number of benzene rings is 1. The van der Waals surface area contributed by atoms with Gasteiger partial charge in [0, 0.05) is 17.3 Å². The normalized spacial score (nSPS) is 10.6. The fourth-order valence-corrected chi connectivity index (χ4v) is 2.57. The molecule has 0 aliphatic carbocycles. The van der Waals surface area contributed by atoms with E-state index in [0.717, 1.165) is 25.7 Å². The summed E-state index contributed by atoms with van der Waals surface area (Å²) < 4.78 is 1.17.